The minimum atomic E-state index is -3.90. The summed E-state index contributed by atoms with van der Waals surface area (Å²) in [6, 6.07) is 13.7. The highest BCUT2D eigenvalue weighted by Crippen LogP contribution is 2.38. The fourth-order valence-electron chi connectivity index (χ4n) is 3.63. The molecule has 1 heterocycles. The summed E-state index contributed by atoms with van der Waals surface area (Å²) < 4.78 is 33.7. The van der Waals surface area contributed by atoms with Gasteiger partial charge in [0.25, 0.3) is 0 Å². The van der Waals surface area contributed by atoms with Crippen molar-refractivity contribution in [1.29, 1.82) is 0 Å². The summed E-state index contributed by atoms with van der Waals surface area (Å²) in [4.78, 5) is 11.7. The molecule has 0 aromatic heterocycles. The molecule has 0 aliphatic carbocycles. The van der Waals surface area contributed by atoms with Gasteiger partial charge in [-0.05, 0) is 37.1 Å². The molecule has 0 radical (unpaired) electrons. The number of sulfonamides is 1. The van der Waals surface area contributed by atoms with E-state index in [1.165, 1.54) is 16.4 Å². The van der Waals surface area contributed by atoms with Crippen LogP contribution < -0.4 is 10.5 Å². The number of benzene rings is 2. The summed E-state index contributed by atoms with van der Waals surface area (Å²) in [6.45, 7) is 0.597. The number of hydrogen-bond acceptors (Lipinski definition) is 4. The zero-order valence-corrected chi connectivity index (χ0v) is 18.0. The number of primary amides is 1. The van der Waals surface area contributed by atoms with Gasteiger partial charge >= 0.3 is 0 Å². The van der Waals surface area contributed by atoms with Crippen LogP contribution in [0, 0.1) is 5.41 Å². The van der Waals surface area contributed by atoms with Crippen LogP contribution in [0.5, 0.6) is 5.75 Å². The lowest BCUT2D eigenvalue weighted by atomic mass is 9.78. The number of hydrogen-bond donors (Lipinski definition) is 1. The molecule has 3 rings (SSSR count). The van der Waals surface area contributed by atoms with Gasteiger partial charge in [0, 0.05) is 24.9 Å². The van der Waals surface area contributed by atoms with Crippen LogP contribution in [-0.4, -0.2) is 38.3 Å². The Morgan fingerprint density at radius 3 is 2.55 bits per heavy atom. The fraction of sp³-hybridized carbons (Fsp3) is 0.350. The molecule has 6 nitrogen and oxygen atoms in total. The van der Waals surface area contributed by atoms with E-state index in [1.807, 2.05) is 18.2 Å². The smallest absolute Gasteiger partial charge is 0.244 e. The van der Waals surface area contributed by atoms with Crippen molar-refractivity contribution < 1.29 is 17.9 Å². The molecular weight excluding hydrogens is 435 g/mol. The average molecular weight is 457 g/mol. The standard InChI is InChI=1S/C20H22Cl2N2O4S/c21-16-8-4-9-17(19(16)22)29(26,27)24-11-5-10-20(13-24,12-18(23)25)14-28-15-6-2-1-3-7-15/h1-4,6-9H,5,10-14H2,(H2,23,25)/t20-/m1/s1. The van der Waals surface area contributed by atoms with Crippen molar-refractivity contribution in [3.05, 3.63) is 58.6 Å². The minimum Gasteiger partial charge on any atom is -0.493 e. The summed E-state index contributed by atoms with van der Waals surface area (Å²) >= 11 is 12.2. The molecule has 9 heteroatoms. The summed E-state index contributed by atoms with van der Waals surface area (Å²) in [5, 5.41) is 0.154. The second-order valence-corrected chi connectivity index (χ2v) is 9.93. The van der Waals surface area contributed by atoms with Crippen LogP contribution in [0.3, 0.4) is 0 Å². The normalized spacial score (nSPS) is 20.3. The minimum absolute atomic E-state index is 0.0132. The fourth-order valence-corrected chi connectivity index (χ4v) is 5.95. The molecule has 0 unspecified atom stereocenters. The molecule has 0 spiro atoms. The van der Waals surface area contributed by atoms with E-state index >= 15 is 0 Å². The third-order valence-corrected chi connectivity index (χ3v) is 7.82. The maximum absolute atomic E-state index is 13.2. The first kappa shape index (κ1) is 21.9. The van der Waals surface area contributed by atoms with Crippen LogP contribution in [0.15, 0.2) is 53.4 Å². The zero-order valence-electron chi connectivity index (χ0n) is 15.7. The lowest BCUT2D eigenvalue weighted by Gasteiger charge is -2.41. The molecule has 29 heavy (non-hydrogen) atoms. The lowest BCUT2D eigenvalue weighted by Crippen LogP contribution is -2.50. The topological polar surface area (TPSA) is 89.7 Å². The first-order valence-corrected chi connectivity index (χ1v) is 11.3. The highest BCUT2D eigenvalue weighted by atomic mass is 35.5. The molecule has 2 N–H and O–H groups in total. The summed E-state index contributed by atoms with van der Waals surface area (Å²) in [6.07, 6.45) is 1.22. The maximum atomic E-state index is 13.2. The largest absolute Gasteiger partial charge is 0.493 e. The Morgan fingerprint density at radius 2 is 1.86 bits per heavy atom. The number of carbonyl (C=O) groups is 1. The van der Waals surface area contributed by atoms with Crippen molar-refractivity contribution in [2.75, 3.05) is 19.7 Å². The number of para-hydroxylation sites is 1. The maximum Gasteiger partial charge on any atom is 0.244 e. The number of carbonyl (C=O) groups excluding carboxylic acids is 1. The van der Waals surface area contributed by atoms with E-state index in [0.717, 1.165) is 0 Å². The van der Waals surface area contributed by atoms with E-state index in [2.05, 4.69) is 0 Å². The van der Waals surface area contributed by atoms with Gasteiger partial charge in [0.2, 0.25) is 15.9 Å². The van der Waals surface area contributed by atoms with Gasteiger partial charge in [-0.2, -0.15) is 4.31 Å². The van der Waals surface area contributed by atoms with Crippen molar-refractivity contribution >= 4 is 39.1 Å². The summed E-state index contributed by atoms with van der Waals surface area (Å²) in [5.41, 5.74) is 4.76. The number of nitrogens with zero attached hydrogens (tertiary/aromatic N) is 1. The van der Waals surface area contributed by atoms with Crippen LogP contribution in [0.4, 0.5) is 0 Å². The molecule has 1 atom stereocenters. The molecule has 1 aliphatic rings. The lowest BCUT2D eigenvalue weighted by molar-refractivity contribution is -0.121. The van der Waals surface area contributed by atoms with E-state index in [1.54, 1.807) is 18.2 Å². The van der Waals surface area contributed by atoms with Gasteiger partial charge in [0.1, 0.15) is 10.6 Å². The van der Waals surface area contributed by atoms with Gasteiger partial charge in [-0.1, -0.05) is 47.5 Å². The molecule has 1 aliphatic heterocycles. The van der Waals surface area contributed by atoms with E-state index in [-0.39, 0.29) is 34.5 Å². The number of ether oxygens (including phenoxy) is 1. The Hall–Kier alpha value is -1.80. The van der Waals surface area contributed by atoms with Crippen molar-refractivity contribution in [3.8, 4) is 5.75 Å². The van der Waals surface area contributed by atoms with Gasteiger partial charge in [-0.15, -0.1) is 0 Å². The van der Waals surface area contributed by atoms with Gasteiger partial charge in [-0.3, -0.25) is 4.79 Å². The number of halogens is 2. The molecular formula is C20H22Cl2N2O4S. The third-order valence-electron chi connectivity index (χ3n) is 5.00. The Kier molecular flexibility index (Phi) is 6.73. The Balaban J connectivity index is 1.87. The number of amides is 1. The molecule has 0 bridgehead atoms. The first-order chi connectivity index (χ1) is 13.7. The number of rotatable bonds is 7. The molecule has 1 saturated heterocycles. The van der Waals surface area contributed by atoms with Crippen LogP contribution >= 0.6 is 23.2 Å². The molecule has 1 amide bonds. The SMILES string of the molecule is NC(=O)C[C@]1(COc2ccccc2)CCCN(S(=O)(=O)c2cccc(Cl)c2Cl)C1. The van der Waals surface area contributed by atoms with Crippen molar-refractivity contribution in [2.24, 2.45) is 11.1 Å². The van der Waals surface area contributed by atoms with Gasteiger partial charge in [0.15, 0.2) is 0 Å². The molecule has 2 aromatic rings. The third kappa shape index (κ3) is 5.04. The Labute approximate surface area is 180 Å². The highest BCUT2D eigenvalue weighted by Gasteiger charge is 2.42. The monoisotopic (exact) mass is 456 g/mol. The van der Waals surface area contributed by atoms with Gasteiger partial charge in [0.05, 0.1) is 16.7 Å². The van der Waals surface area contributed by atoms with Crippen LogP contribution in [-0.2, 0) is 14.8 Å². The van der Waals surface area contributed by atoms with E-state index in [0.29, 0.717) is 25.1 Å². The predicted molar refractivity (Wildman–Crippen MR) is 113 cm³/mol. The number of nitrogens with two attached hydrogens (primary N) is 1. The molecule has 0 saturated carbocycles. The second kappa shape index (κ2) is 8.92. The molecule has 156 valence electrons. The second-order valence-electron chi connectivity index (χ2n) is 7.24. The van der Waals surface area contributed by atoms with E-state index in [4.69, 9.17) is 33.7 Å². The van der Waals surface area contributed by atoms with Crippen LogP contribution in [0.1, 0.15) is 19.3 Å². The van der Waals surface area contributed by atoms with Gasteiger partial charge in [-0.25, -0.2) is 8.42 Å². The quantitative estimate of drug-likeness (QED) is 0.687. The first-order valence-electron chi connectivity index (χ1n) is 9.14. The zero-order chi connectivity index (χ0) is 21.1. The molecule has 2 aromatic carbocycles. The van der Waals surface area contributed by atoms with Crippen LogP contribution in [0.25, 0.3) is 0 Å². The highest BCUT2D eigenvalue weighted by molar-refractivity contribution is 7.89. The van der Waals surface area contributed by atoms with Crippen LogP contribution in [0.2, 0.25) is 10.0 Å². The van der Waals surface area contributed by atoms with E-state index < -0.39 is 21.3 Å². The van der Waals surface area contributed by atoms with Crippen molar-refractivity contribution in [2.45, 2.75) is 24.2 Å². The van der Waals surface area contributed by atoms with Crippen molar-refractivity contribution in [1.82, 2.24) is 4.31 Å². The molecule has 1 fully saturated rings. The Bertz CT molecular complexity index is 985. The summed E-state index contributed by atoms with van der Waals surface area (Å²) in [7, 11) is -3.90. The van der Waals surface area contributed by atoms with Gasteiger partial charge < -0.3 is 10.5 Å². The van der Waals surface area contributed by atoms with E-state index in [9.17, 15) is 13.2 Å². The Morgan fingerprint density at radius 1 is 1.14 bits per heavy atom. The predicted octanol–water partition coefficient (Wildman–Crippen LogP) is 3.72. The number of piperidine rings is 1. The average Bonchev–Trinajstić information content (AvgIpc) is 2.69. The van der Waals surface area contributed by atoms with Crippen molar-refractivity contribution in [3.63, 3.8) is 0 Å². The summed E-state index contributed by atoms with van der Waals surface area (Å²) in [5.74, 6) is 0.149.